The van der Waals surface area contributed by atoms with E-state index >= 15 is 0 Å². The highest BCUT2D eigenvalue weighted by molar-refractivity contribution is 7.13. The lowest BCUT2D eigenvalue weighted by molar-refractivity contribution is 1.77. The van der Waals surface area contributed by atoms with Gasteiger partial charge in [0.1, 0.15) is 0 Å². The summed E-state index contributed by atoms with van der Waals surface area (Å²) in [4.78, 5) is 1.34. The summed E-state index contributed by atoms with van der Waals surface area (Å²) in [6.45, 7) is 0. The molecular formula is C20H12S. The second-order valence-corrected chi connectivity index (χ2v) is 6.39. The molecule has 21 heavy (non-hydrogen) atoms. The fraction of sp³-hybridized carbons (Fsp3) is 0. The first-order chi connectivity index (χ1) is 10.4. The molecule has 0 nitrogen and oxygen atoms in total. The van der Waals surface area contributed by atoms with Crippen LogP contribution in [0, 0.1) is 0 Å². The summed E-state index contributed by atoms with van der Waals surface area (Å²) in [5.74, 6) is 0. The van der Waals surface area contributed by atoms with Crippen molar-refractivity contribution in [1.29, 1.82) is 0 Å². The molecule has 98 valence electrons. The summed E-state index contributed by atoms with van der Waals surface area (Å²) in [6, 6.07) is 24.4. The van der Waals surface area contributed by atoms with Crippen molar-refractivity contribution in [3.05, 3.63) is 72.1 Å². The summed E-state index contributed by atoms with van der Waals surface area (Å²) in [5.41, 5.74) is 1.34. The van der Waals surface area contributed by atoms with Crippen LogP contribution in [0.5, 0.6) is 0 Å². The Labute approximate surface area is 126 Å². The lowest BCUT2D eigenvalue weighted by atomic mass is 9.91. The average Bonchev–Trinajstić information content (AvgIpc) is 3.07. The minimum absolute atomic E-state index is 1.33. The zero-order valence-corrected chi connectivity index (χ0v) is 12.2. The Morgan fingerprint density at radius 1 is 0.571 bits per heavy atom. The van der Waals surface area contributed by atoms with Crippen LogP contribution in [-0.4, -0.2) is 0 Å². The zero-order chi connectivity index (χ0) is 13.8. The Balaban J connectivity index is 2.07. The monoisotopic (exact) mass is 284 g/mol. The fourth-order valence-corrected chi connectivity index (χ4v) is 4.15. The van der Waals surface area contributed by atoms with E-state index in [-0.39, 0.29) is 0 Å². The van der Waals surface area contributed by atoms with E-state index in [2.05, 4.69) is 72.1 Å². The molecule has 0 bridgehead atoms. The zero-order valence-electron chi connectivity index (χ0n) is 11.3. The van der Waals surface area contributed by atoms with Gasteiger partial charge in [0, 0.05) is 4.88 Å². The van der Waals surface area contributed by atoms with Gasteiger partial charge >= 0.3 is 0 Å². The lowest BCUT2D eigenvalue weighted by Gasteiger charge is -2.13. The van der Waals surface area contributed by atoms with E-state index < -0.39 is 0 Å². The lowest BCUT2D eigenvalue weighted by Crippen LogP contribution is -1.85. The van der Waals surface area contributed by atoms with Crippen molar-refractivity contribution < 1.29 is 0 Å². The van der Waals surface area contributed by atoms with Crippen LogP contribution in [0.4, 0.5) is 0 Å². The number of hydrogen-bond donors (Lipinski definition) is 0. The number of rotatable bonds is 1. The predicted octanol–water partition coefficient (Wildman–Crippen LogP) is 6.31. The highest BCUT2D eigenvalue weighted by atomic mass is 32.1. The molecule has 0 saturated heterocycles. The molecule has 0 aliphatic carbocycles. The summed E-state index contributed by atoms with van der Waals surface area (Å²) in [7, 11) is 0. The van der Waals surface area contributed by atoms with Crippen molar-refractivity contribution in [2.45, 2.75) is 0 Å². The molecule has 1 heteroatoms. The Morgan fingerprint density at radius 3 is 2.05 bits per heavy atom. The second kappa shape index (κ2) is 4.06. The summed E-state index contributed by atoms with van der Waals surface area (Å²) in [6.07, 6.45) is 0. The Morgan fingerprint density at radius 2 is 1.29 bits per heavy atom. The van der Waals surface area contributed by atoms with Crippen LogP contribution in [0.1, 0.15) is 0 Å². The number of benzene rings is 4. The van der Waals surface area contributed by atoms with Gasteiger partial charge in [-0.15, -0.1) is 11.3 Å². The third-order valence-electron chi connectivity index (χ3n) is 4.32. The van der Waals surface area contributed by atoms with Crippen LogP contribution >= 0.6 is 11.3 Å². The predicted molar refractivity (Wildman–Crippen MR) is 93.5 cm³/mol. The molecule has 0 saturated carbocycles. The molecule has 0 fully saturated rings. The standard InChI is InChI=1S/C20H12S/c1-3-13-6-7-15-8-10-16(18-5-2-12-21-18)17-11-9-14(4-1)19(13)20(15)17/h1-12H. The Bertz CT molecular complexity index is 1060. The molecule has 0 radical (unpaired) electrons. The molecule has 0 atom stereocenters. The van der Waals surface area contributed by atoms with E-state index in [1.54, 1.807) is 11.3 Å². The molecule has 5 rings (SSSR count). The van der Waals surface area contributed by atoms with Gasteiger partial charge in [-0.1, -0.05) is 60.7 Å². The summed E-state index contributed by atoms with van der Waals surface area (Å²) >= 11 is 1.81. The fourth-order valence-electron chi connectivity index (χ4n) is 3.38. The highest BCUT2D eigenvalue weighted by Crippen LogP contribution is 2.39. The van der Waals surface area contributed by atoms with Gasteiger partial charge in [-0.2, -0.15) is 0 Å². The molecule has 0 N–H and O–H groups in total. The van der Waals surface area contributed by atoms with E-state index in [9.17, 15) is 0 Å². The van der Waals surface area contributed by atoms with Crippen molar-refractivity contribution in [3.8, 4) is 10.4 Å². The van der Waals surface area contributed by atoms with Crippen molar-refractivity contribution >= 4 is 43.7 Å². The normalized spacial score (nSPS) is 11.8. The molecule has 1 aromatic heterocycles. The molecule has 0 aliphatic heterocycles. The smallest absolute Gasteiger partial charge is 0.0348 e. The van der Waals surface area contributed by atoms with E-state index in [1.807, 2.05) is 0 Å². The van der Waals surface area contributed by atoms with Gasteiger partial charge in [-0.05, 0) is 49.3 Å². The summed E-state index contributed by atoms with van der Waals surface area (Å²) < 4.78 is 0. The average molecular weight is 284 g/mol. The van der Waals surface area contributed by atoms with E-state index in [1.165, 1.54) is 42.8 Å². The highest BCUT2D eigenvalue weighted by Gasteiger charge is 2.11. The topological polar surface area (TPSA) is 0 Å². The Hall–Kier alpha value is -2.38. The molecule has 1 heterocycles. The van der Waals surface area contributed by atoms with Crippen molar-refractivity contribution in [1.82, 2.24) is 0 Å². The third-order valence-corrected chi connectivity index (χ3v) is 5.22. The first-order valence-corrected chi connectivity index (χ1v) is 8.00. The van der Waals surface area contributed by atoms with Gasteiger partial charge < -0.3 is 0 Å². The van der Waals surface area contributed by atoms with E-state index in [0.29, 0.717) is 0 Å². The van der Waals surface area contributed by atoms with E-state index in [4.69, 9.17) is 0 Å². The maximum absolute atomic E-state index is 2.28. The largest absolute Gasteiger partial charge is 0.144 e. The van der Waals surface area contributed by atoms with Gasteiger partial charge in [0.15, 0.2) is 0 Å². The minimum atomic E-state index is 1.33. The summed E-state index contributed by atoms with van der Waals surface area (Å²) in [5, 5.41) is 10.3. The molecule has 4 aromatic carbocycles. The van der Waals surface area contributed by atoms with Gasteiger partial charge in [-0.25, -0.2) is 0 Å². The molecule has 0 amide bonds. The van der Waals surface area contributed by atoms with Crippen LogP contribution < -0.4 is 0 Å². The van der Waals surface area contributed by atoms with Crippen LogP contribution in [0.15, 0.2) is 72.1 Å². The molecule has 0 aliphatic rings. The number of hydrogen-bond acceptors (Lipinski definition) is 1. The van der Waals surface area contributed by atoms with Crippen molar-refractivity contribution in [3.63, 3.8) is 0 Å². The van der Waals surface area contributed by atoms with Crippen LogP contribution in [0.2, 0.25) is 0 Å². The molecule has 5 aromatic rings. The van der Waals surface area contributed by atoms with Crippen LogP contribution in [-0.2, 0) is 0 Å². The quantitative estimate of drug-likeness (QED) is 0.316. The Kier molecular flexibility index (Phi) is 2.18. The first-order valence-electron chi connectivity index (χ1n) is 7.12. The molecule has 0 spiro atoms. The van der Waals surface area contributed by atoms with Gasteiger partial charge in [0.05, 0.1) is 0 Å². The molecular weight excluding hydrogens is 272 g/mol. The van der Waals surface area contributed by atoms with Crippen LogP contribution in [0.3, 0.4) is 0 Å². The minimum Gasteiger partial charge on any atom is -0.144 e. The van der Waals surface area contributed by atoms with Crippen molar-refractivity contribution in [2.75, 3.05) is 0 Å². The van der Waals surface area contributed by atoms with Gasteiger partial charge in [0.2, 0.25) is 0 Å². The molecule has 0 unspecified atom stereocenters. The van der Waals surface area contributed by atoms with E-state index in [0.717, 1.165) is 0 Å². The maximum atomic E-state index is 2.28. The third kappa shape index (κ3) is 1.50. The number of thiophene rings is 1. The van der Waals surface area contributed by atoms with Crippen LogP contribution in [0.25, 0.3) is 42.8 Å². The SMILES string of the molecule is c1csc(-c2ccc3ccc4cccc5ccc2c3c45)c1. The maximum Gasteiger partial charge on any atom is 0.0348 e. The van der Waals surface area contributed by atoms with Crippen molar-refractivity contribution in [2.24, 2.45) is 0 Å². The first kappa shape index (κ1) is 11.3. The van der Waals surface area contributed by atoms with Gasteiger partial charge in [-0.3, -0.25) is 0 Å². The van der Waals surface area contributed by atoms with Gasteiger partial charge in [0.25, 0.3) is 0 Å². The second-order valence-electron chi connectivity index (χ2n) is 5.45.